The first-order chi connectivity index (χ1) is 6.42. The summed E-state index contributed by atoms with van der Waals surface area (Å²) in [5.74, 6) is 5.69. The fraction of sp³-hybridized carbons (Fsp3) is 0.545. The Bertz CT molecular complexity index is 374. The smallest absolute Gasteiger partial charge is 0.120 e. The van der Waals surface area contributed by atoms with E-state index in [-0.39, 0.29) is 0 Å². The van der Waals surface area contributed by atoms with Crippen molar-refractivity contribution >= 4 is 0 Å². The van der Waals surface area contributed by atoms with Gasteiger partial charge in [0, 0.05) is 12.7 Å². The Morgan fingerprint density at radius 1 is 1.57 bits per heavy atom. The lowest BCUT2D eigenvalue weighted by atomic mass is 10.1. The molecule has 0 saturated heterocycles. The highest BCUT2D eigenvalue weighted by Crippen LogP contribution is 2.05. The molecular weight excluding hydrogens is 176 g/mol. The minimum Gasteiger partial charge on any atom is -0.378 e. The molecule has 3 nitrogen and oxygen atoms in total. The van der Waals surface area contributed by atoms with Gasteiger partial charge in [0.2, 0.25) is 0 Å². The Hall–Kier alpha value is -1.27. The summed E-state index contributed by atoms with van der Waals surface area (Å²) >= 11 is 0. The summed E-state index contributed by atoms with van der Waals surface area (Å²) in [5.41, 5.74) is 0.846. The van der Waals surface area contributed by atoms with E-state index in [0.717, 1.165) is 17.8 Å². The predicted molar refractivity (Wildman–Crippen MR) is 55.8 cm³/mol. The fourth-order valence-corrected chi connectivity index (χ4v) is 1.02. The third kappa shape index (κ3) is 2.90. The molecule has 1 heterocycles. The predicted octanol–water partition coefficient (Wildman–Crippen LogP) is 1.33. The normalized spacial score (nSPS) is 10.9. The second-order valence-corrected chi connectivity index (χ2v) is 3.79. The van der Waals surface area contributed by atoms with Crippen molar-refractivity contribution in [1.29, 1.82) is 0 Å². The van der Waals surface area contributed by atoms with Gasteiger partial charge in [-0.15, -0.1) is 0 Å². The van der Waals surface area contributed by atoms with Crippen molar-refractivity contribution in [3.8, 4) is 11.8 Å². The molecule has 0 aliphatic rings. The van der Waals surface area contributed by atoms with E-state index >= 15 is 0 Å². The van der Waals surface area contributed by atoms with Crippen molar-refractivity contribution < 1.29 is 5.11 Å². The number of nitrogens with zero attached hydrogens (tertiary/aromatic N) is 2. The maximum Gasteiger partial charge on any atom is 0.120 e. The number of rotatable bonds is 1. The van der Waals surface area contributed by atoms with Gasteiger partial charge in [0.1, 0.15) is 5.60 Å². The SMILES string of the molecule is CCn1cc(C#CC(C)(C)O)c(C)n1. The zero-order chi connectivity index (χ0) is 10.8. The number of aromatic nitrogens is 2. The van der Waals surface area contributed by atoms with E-state index < -0.39 is 5.60 Å². The van der Waals surface area contributed by atoms with Crippen LogP contribution in [0, 0.1) is 18.8 Å². The molecule has 14 heavy (non-hydrogen) atoms. The van der Waals surface area contributed by atoms with E-state index in [4.69, 9.17) is 0 Å². The van der Waals surface area contributed by atoms with Gasteiger partial charge in [0.15, 0.2) is 0 Å². The molecule has 0 atom stereocenters. The van der Waals surface area contributed by atoms with Gasteiger partial charge in [-0.25, -0.2) is 0 Å². The van der Waals surface area contributed by atoms with Crippen molar-refractivity contribution in [3.63, 3.8) is 0 Å². The molecule has 0 amide bonds. The summed E-state index contributed by atoms with van der Waals surface area (Å²) in [6.07, 6.45) is 1.90. The van der Waals surface area contributed by atoms with Crippen LogP contribution in [0.1, 0.15) is 32.0 Å². The summed E-state index contributed by atoms with van der Waals surface area (Å²) in [4.78, 5) is 0. The average molecular weight is 192 g/mol. The number of hydrogen-bond donors (Lipinski definition) is 1. The minimum absolute atomic E-state index is 0.838. The second kappa shape index (κ2) is 3.85. The summed E-state index contributed by atoms with van der Waals surface area (Å²) in [6, 6.07) is 0. The van der Waals surface area contributed by atoms with Gasteiger partial charge in [0.05, 0.1) is 11.3 Å². The van der Waals surface area contributed by atoms with Gasteiger partial charge in [-0.3, -0.25) is 4.68 Å². The maximum atomic E-state index is 9.43. The maximum absolute atomic E-state index is 9.43. The van der Waals surface area contributed by atoms with Crippen molar-refractivity contribution in [1.82, 2.24) is 9.78 Å². The van der Waals surface area contributed by atoms with Crippen LogP contribution in [0.25, 0.3) is 0 Å². The second-order valence-electron chi connectivity index (χ2n) is 3.79. The van der Waals surface area contributed by atoms with Crippen LogP contribution in [-0.2, 0) is 6.54 Å². The van der Waals surface area contributed by atoms with Crippen molar-refractivity contribution in [3.05, 3.63) is 17.5 Å². The third-order valence-electron chi connectivity index (χ3n) is 1.77. The van der Waals surface area contributed by atoms with Gasteiger partial charge in [-0.2, -0.15) is 5.10 Å². The van der Waals surface area contributed by atoms with Gasteiger partial charge in [0.25, 0.3) is 0 Å². The lowest BCUT2D eigenvalue weighted by molar-refractivity contribution is 0.143. The molecule has 3 heteroatoms. The van der Waals surface area contributed by atoms with Crippen LogP contribution in [0.15, 0.2) is 6.20 Å². The average Bonchev–Trinajstić information content (AvgIpc) is 2.42. The van der Waals surface area contributed by atoms with E-state index in [2.05, 4.69) is 16.9 Å². The van der Waals surface area contributed by atoms with Crippen LogP contribution in [0.2, 0.25) is 0 Å². The topological polar surface area (TPSA) is 38.0 Å². The van der Waals surface area contributed by atoms with Crippen molar-refractivity contribution in [2.75, 3.05) is 0 Å². The zero-order valence-corrected chi connectivity index (χ0v) is 9.13. The van der Waals surface area contributed by atoms with Crippen LogP contribution < -0.4 is 0 Å². The lowest BCUT2D eigenvalue weighted by Gasteiger charge is -2.05. The van der Waals surface area contributed by atoms with E-state index in [1.165, 1.54) is 0 Å². The first-order valence-electron chi connectivity index (χ1n) is 4.72. The Labute approximate surface area is 84.8 Å². The van der Waals surface area contributed by atoms with Crippen LogP contribution in [0.3, 0.4) is 0 Å². The van der Waals surface area contributed by atoms with E-state index in [0.29, 0.717) is 0 Å². The van der Waals surface area contributed by atoms with E-state index in [1.807, 2.05) is 24.7 Å². The molecule has 1 N–H and O–H groups in total. The highest BCUT2D eigenvalue weighted by Gasteiger charge is 2.07. The Kier molecular flexibility index (Phi) is 2.97. The first-order valence-corrected chi connectivity index (χ1v) is 4.72. The van der Waals surface area contributed by atoms with Crippen LogP contribution in [0.4, 0.5) is 0 Å². The minimum atomic E-state index is -0.944. The molecular formula is C11H16N2O. The van der Waals surface area contributed by atoms with E-state index in [1.54, 1.807) is 13.8 Å². The largest absolute Gasteiger partial charge is 0.378 e. The van der Waals surface area contributed by atoms with Gasteiger partial charge < -0.3 is 5.11 Å². The van der Waals surface area contributed by atoms with Crippen molar-refractivity contribution in [2.24, 2.45) is 0 Å². The Morgan fingerprint density at radius 3 is 2.64 bits per heavy atom. The molecule has 0 saturated carbocycles. The molecule has 76 valence electrons. The molecule has 1 rings (SSSR count). The molecule has 1 aromatic heterocycles. The molecule has 0 aliphatic heterocycles. The molecule has 0 radical (unpaired) electrons. The highest BCUT2D eigenvalue weighted by molar-refractivity contribution is 5.37. The first kappa shape index (κ1) is 10.8. The molecule has 1 aromatic rings. The Balaban J connectivity index is 2.95. The molecule has 0 aliphatic carbocycles. The summed E-state index contributed by atoms with van der Waals surface area (Å²) in [7, 11) is 0. The highest BCUT2D eigenvalue weighted by atomic mass is 16.3. The van der Waals surface area contributed by atoms with E-state index in [9.17, 15) is 5.11 Å². The van der Waals surface area contributed by atoms with Gasteiger partial charge >= 0.3 is 0 Å². The van der Waals surface area contributed by atoms with Gasteiger partial charge in [-0.1, -0.05) is 11.8 Å². The summed E-state index contributed by atoms with van der Waals surface area (Å²) in [6.45, 7) is 8.12. The Morgan fingerprint density at radius 2 is 2.21 bits per heavy atom. The quantitative estimate of drug-likeness (QED) is 0.682. The molecule has 0 unspecified atom stereocenters. The van der Waals surface area contributed by atoms with Crippen molar-refractivity contribution in [2.45, 2.75) is 39.8 Å². The van der Waals surface area contributed by atoms with Crippen LogP contribution in [-0.4, -0.2) is 20.5 Å². The molecule has 0 spiro atoms. The third-order valence-corrected chi connectivity index (χ3v) is 1.77. The lowest BCUT2D eigenvalue weighted by Crippen LogP contribution is -2.14. The van der Waals surface area contributed by atoms with Crippen LogP contribution >= 0.6 is 0 Å². The molecule has 0 aromatic carbocycles. The summed E-state index contributed by atoms with van der Waals surface area (Å²) in [5, 5.41) is 13.7. The fourth-order valence-electron chi connectivity index (χ4n) is 1.02. The van der Waals surface area contributed by atoms with Crippen LogP contribution in [0.5, 0.6) is 0 Å². The monoisotopic (exact) mass is 192 g/mol. The zero-order valence-electron chi connectivity index (χ0n) is 9.13. The molecule has 0 fully saturated rings. The summed E-state index contributed by atoms with van der Waals surface area (Å²) < 4.78 is 1.84. The standard InChI is InChI=1S/C11H16N2O/c1-5-13-8-10(9(2)12-13)6-7-11(3,4)14/h8,14H,5H2,1-4H3. The molecule has 0 bridgehead atoms. The number of aryl methyl sites for hydroxylation is 2. The number of hydrogen-bond acceptors (Lipinski definition) is 2. The number of aliphatic hydroxyl groups is 1. The van der Waals surface area contributed by atoms with Gasteiger partial charge in [-0.05, 0) is 27.7 Å².